The fourth-order valence-electron chi connectivity index (χ4n) is 2.47. The van der Waals surface area contributed by atoms with E-state index in [4.69, 9.17) is 11.6 Å². The lowest BCUT2D eigenvalue weighted by Gasteiger charge is -2.12. The monoisotopic (exact) mass is 353 g/mol. The number of benzene rings is 2. The van der Waals surface area contributed by atoms with Crippen molar-refractivity contribution in [2.45, 2.75) is 26.3 Å². The highest BCUT2D eigenvalue weighted by molar-refractivity contribution is 6.30. The summed E-state index contributed by atoms with van der Waals surface area (Å²) in [6, 6.07) is 19.0. The van der Waals surface area contributed by atoms with Crippen molar-refractivity contribution in [1.82, 2.24) is 15.1 Å². The molecule has 0 radical (unpaired) electrons. The molecular weight excluding hydrogens is 334 g/mol. The molecule has 1 heterocycles. The lowest BCUT2D eigenvalue weighted by molar-refractivity contribution is 0.0931. The summed E-state index contributed by atoms with van der Waals surface area (Å²) in [4.78, 5) is 12.7. The van der Waals surface area contributed by atoms with E-state index in [1.165, 1.54) is 0 Å². The van der Waals surface area contributed by atoms with Gasteiger partial charge in [-0.25, -0.2) is 4.68 Å². The summed E-state index contributed by atoms with van der Waals surface area (Å²) in [5, 5.41) is 8.30. The number of carbonyl (C=O) groups is 1. The van der Waals surface area contributed by atoms with E-state index >= 15 is 0 Å². The summed E-state index contributed by atoms with van der Waals surface area (Å²) in [5.41, 5.74) is 3.01. The molecule has 3 rings (SSSR count). The van der Waals surface area contributed by atoms with E-state index in [1.54, 1.807) is 16.8 Å². The Balaban J connectivity index is 2.06. The second-order valence-electron chi connectivity index (χ2n) is 5.95. The Bertz CT molecular complexity index is 856. The largest absolute Gasteiger partial charge is 0.348 e. The van der Waals surface area contributed by atoms with Crippen LogP contribution in [0, 0.1) is 0 Å². The fourth-order valence-corrected chi connectivity index (χ4v) is 2.60. The van der Waals surface area contributed by atoms with Crippen LogP contribution in [0.25, 0.3) is 16.9 Å². The number of nitrogens with one attached hydrogen (secondary N) is 1. The number of amides is 1. The van der Waals surface area contributed by atoms with Crippen LogP contribution in [-0.2, 0) is 0 Å². The first kappa shape index (κ1) is 17.2. The predicted molar refractivity (Wildman–Crippen MR) is 101 cm³/mol. The van der Waals surface area contributed by atoms with Gasteiger partial charge in [0.25, 0.3) is 5.91 Å². The van der Waals surface area contributed by atoms with Crippen LogP contribution >= 0.6 is 11.6 Å². The van der Waals surface area contributed by atoms with E-state index in [9.17, 15) is 4.79 Å². The first-order valence-corrected chi connectivity index (χ1v) is 8.68. The minimum atomic E-state index is -0.140. The van der Waals surface area contributed by atoms with Gasteiger partial charge in [0.15, 0.2) is 0 Å². The number of halogens is 1. The molecule has 1 atom stereocenters. The quantitative estimate of drug-likeness (QED) is 0.721. The minimum absolute atomic E-state index is 0.0984. The van der Waals surface area contributed by atoms with E-state index in [-0.39, 0.29) is 11.9 Å². The van der Waals surface area contributed by atoms with E-state index in [1.807, 2.05) is 62.4 Å². The Labute approximate surface area is 152 Å². The number of nitrogens with zero attached hydrogens (tertiary/aromatic N) is 2. The van der Waals surface area contributed by atoms with Gasteiger partial charge in [-0.1, -0.05) is 48.9 Å². The molecule has 2 aromatic carbocycles. The number of aromatic nitrogens is 2. The molecule has 0 unspecified atom stereocenters. The second-order valence-corrected chi connectivity index (χ2v) is 6.39. The average Bonchev–Trinajstić information content (AvgIpc) is 3.08. The molecule has 0 aliphatic carbocycles. The van der Waals surface area contributed by atoms with Crippen LogP contribution in [0.4, 0.5) is 0 Å². The van der Waals surface area contributed by atoms with Gasteiger partial charge in [0.05, 0.1) is 11.4 Å². The maximum Gasteiger partial charge on any atom is 0.270 e. The van der Waals surface area contributed by atoms with Crippen LogP contribution in [0.15, 0.2) is 60.7 Å². The summed E-state index contributed by atoms with van der Waals surface area (Å²) in [6.45, 7) is 4.02. The van der Waals surface area contributed by atoms with E-state index in [0.29, 0.717) is 10.7 Å². The van der Waals surface area contributed by atoms with Gasteiger partial charge in [-0.3, -0.25) is 4.79 Å². The maximum absolute atomic E-state index is 12.7. The highest BCUT2D eigenvalue weighted by Gasteiger charge is 2.18. The van der Waals surface area contributed by atoms with Crippen LogP contribution < -0.4 is 5.32 Å². The SMILES string of the molecule is CC[C@H](C)NC(=O)c1cc(-c2ccccc2)nn1-c1ccc(Cl)cc1. The number of rotatable bonds is 5. The molecule has 0 spiro atoms. The molecule has 0 aliphatic heterocycles. The first-order chi connectivity index (χ1) is 12.1. The van der Waals surface area contributed by atoms with Crippen LogP contribution in [0.2, 0.25) is 5.02 Å². The van der Waals surface area contributed by atoms with Crippen molar-refractivity contribution < 1.29 is 4.79 Å². The van der Waals surface area contributed by atoms with Crippen molar-refractivity contribution in [1.29, 1.82) is 0 Å². The molecule has 25 heavy (non-hydrogen) atoms. The fraction of sp³-hybridized carbons (Fsp3) is 0.200. The molecule has 0 aliphatic rings. The number of carbonyl (C=O) groups excluding carboxylic acids is 1. The number of hydrogen-bond acceptors (Lipinski definition) is 2. The van der Waals surface area contributed by atoms with Gasteiger partial charge in [-0.05, 0) is 43.7 Å². The number of hydrogen-bond donors (Lipinski definition) is 1. The van der Waals surface area contributed by atoms with Gasteiger partial charge in [0.1, 0.15) is 5.69 Å². The van der Waals surface area contributed by atoms with Crippen molar-refractivity contribution in [3.63, 3.8) is 0 Å². The van der Waals surface area contributed by atoms with Gasteiger partial charge in [0.2, 0.25) is 0 Å². The third-order valence-electron chi connectivity index (χ3n) is 4.07. The lowest BCUT2D eigenvalue weighted by atomic mass is 10.1. The van der Waals surface area contributed by atoms with Crippen LogP contribution in [-0.4, -0.2) is 21.7 Å². The molecule has 0 saturated heterocycles. The summed E-state index contributed by atoms with van der Waals surface area (Å²) >= 11 is 5.98. The molecule has 0 saturated carbocycles. The minimum Gasteiger partial charge on any atom is -0.348 e. The normalized spacial score (nSPS) is 12.0. The maximum atomic E-state index is 12.7. The molecule has 1 aromatic heterocycles. The predicted octanol–water partition coefficient (Wildman–Crippen LogP) is 4.72. The topological polar surface area (TPSA) is 46.9 Å². The molecule has 0 bridgehead atoms. The Hall–Kier alpha value is -2.59. The molecule has 4 nitrogen and oxygen atoms in total. The first-order valence-electron chi connectivity index (χ1n) is 8.30. The van der Waals surface area contributed by atoms with Crippen molar-refractivity contribution in [2.75, 3.05) is 0 Å². The lowest BCUT2D eigenvalue weighted by Crippen LogP contribution is -2.33. The van der Waals surface area contributed by atoms with Crippen LogP contribution in [0.5, 0.6) is 0 Å². The van der Waals surface area contributed by atoms with Crippen molar-refractivity contribution in [2.24, 2.45) is 0 Å². The summed E-state index contributed by atoms with van der Waals surface area (Å²) in [7, 11) is 0. The Kier molecular flexibility index (Phi) is 5.19. The van der Waals surface area contributed by atoms with E-state index in [2.05, 4.69) is 10.4 Å². The Morgan fingerprint density at radius 3 is 2.48 bits per heavy atom. The molecular formula is C20H20ClN3O. The van der Waals surface area contributed by atoms with Gasteiger partial charge < -0.3 is 5.32 Å². The zero-order valence-corrected chi connectivity index (χ0v) is 15.0. The van der Waals surface area contributed by atoms with E-state index < -0.39 is 0 Å². The molecule has 0 fully saturated rings. The summed E-state index contributed by atoms with van der Waals surface area (Å²) < 4.78 is 1.66. The third kappa shape index (κ3) is 3.91. The molecule has 5 heteroatoms. The Morgan fingerprint density at radius 2 is 1.84 bits per heavy atom. The van der Waals surface area contributed by atoms with Gasteiger partial charge in [0, 0.05) is 16.6 Å². The van der Waals surface area contributed by atoms with Crippen molar-refractivity contribution in [3.05, 3.63) is 71.4 Å². The van der Waals surface area contributed by atoms with Crippen LogP contribution in [0.1, 0.15) is 30.8 Å². The van der Waals surface area contributed by atoms with Gasteiger partial charge in [-0.15, -0.1) is 0 Å². The molecule has 1 amide bonds. The molecule has 128 valence electrons. The van der Waals surface area contributed by atoms with Gasteiger partial charge in [-0.2, -0.15) is 5.10 Å². The van der Waals surface area contributed by atoms with Gasteiger partial charge >= 0.3 is 0 Å². The highest BCUT2D eigenvalue weighted by Crippen LogP contribution is 2.22. The molecule has 3 aromatic rings. The molecule has 1 N–H and O–H groups in total. The van der Waals surface area contributed by atoms with Crippen molar-refractivity contribution in [3.8, 4) is 16.9 Å². The summed E-state index contributed by atoms with van der Waals surface area (Å²) in [5.74, 6) is -0.140. The van der Waals surface area contributed by atoms with Crippen LogP contribution in [0.3, 0.4) is 0 Å². The smallest absolute Gasteiger partial charge is 0.270 e. The highest BCUT2D eigenvalue weighted by atomic mass is 35.5. The second kappa shape index (κ2) is 7.53. The zero-order chi connectivity index (χ0) is 17.8. The van der Waals surface area contributed by atoms with E-state index in [0.717, 1.165) is 23.4 Å². The van der Waals surface area contributed by atoms with Crippen molar-refractivity contribution >= 4 is 17.5 Å². The zero-order valence-electron chi connectivity index (χ0n) is 14.2. The Morgan fingerprint density at radius 1 is 1.16 bits per heavy atom. The third-order valence-corrected chi connectivity index (χ3v) is 4.32. The standard InChI is InChI=1S/C20H20ClN3O/c1-3-14(2)22-20(25)19-13-18(15-7-5-4-6-8-15)23-24(19)17-11-9-16(21)10-12-17/h4-14H,3H2,1-2H3,(H,22,25)/t14-/m0/s1. The summed E-state index contributed by atoms with van der Waals surface area (Å²) in [6.07, 6.45) is 0.867. The average molecular weight is 354 g/mol.